The minimum absolute atomic E-state index is 0.156. The van der Waals surface area contributed by atoms with Crippen molar-refractivity contribution in [3.05, 3.63) is 47.5 Å². The van der Waals surface area contributed by atoms with Crippen molar-refractivity contribution in [2.45, 2.75) is 0 Å². The summed E-state index contributed by atoms with van der Waals surface area (Å²) in [7, 11) is 1.58. The molecule has 6 heteroatoms. The van der Waals surface area contributed by atoms with E-state index < -0.39 is 0 Å². The molecule has 1 amide bonds. The number of methoxy groups -OCH3 is 1. The lowest BCUT2D eigenvalue weighted by Gasteiger charge is -2.10. The molecule has 21 heavy (non-hydrogen) atoms. The van der Waals surface area contributed by atoms with Gasteiger partial charge in [-0.3, -0.25) is 4.79 Å². The molecule has 2 rings (SSSR count). The zero-order valence-electron chi connectivity index (χ0n) is 11.4. The molecule has 0 aliphatic rings. The molecule has 0 saturated carbocycles. The third-order valence-corrected chi connectivity index (χ3v) is 2.94. The van der Waals surface area contributed by atoms with Crippen LogP contribution in [0.5, 0.6) is 11.5 Å². The average Bonchev–Trinajstić information content (AvgIpc) is 2.49. The van der Waals surface area contributed by atoms with Crippen LogP contribution in [0.15, 0.2) is 42.5 Å². The van der Waals surface area contributed by atoms with Gasteiger partial charge in [0.05, 0.1) is 12.8 Å². The van der Waals surface area contributed by atoms with Gasteiger partial charge in [0, 0.05) is 16.8 Å². The first-order chi connectivity index (χ1) is 10.1. The third-order valence-electron chi connectivity index (χ3n) is 2.71. The number of ether oxygens (including phenoxy) is 2. The normalized spacial score (nSPS) is 10.0. The van der Waals surface area contributed by atoms with Gasteiger partial charge in [0.25, 0.3) is 5.91 Å². The second-order valence-corrected chi connectivity index (χ2v) is 4.68. The van der Waals surface area contributed by atoms with Crippen LogP contribution in [0.4, 0.5) is 11.4 Å². The number of halogens is 1. The van der Waals surface area contributed by atoms with Crippen LogP contribution in [-0.2, 0) is 4.79 Å². The number of benzene rings is 2. The maximum Gasteiger partial charge on any atom is 0.262 e. The van der Waals surface area contributed by atoms with Crippen molar-refractivity contribution >= 4 is 28.9 Å². The second-order valence-electron chi connectivity index (χ2n) is 4.25. The molecular weight excluding hydrogens is 292 g/mol. The molecule has 110 valence electrons. The highest BCUT2D eigenvalue weighted by atomic mass is 35.5. The van der Waals surface area contributed by atoms with E-state index in [1.165, 1.54) is 0 Å². The van der Waals surface area contributed by atoms with Gasteiger partial charge in [0.15, 0.2) is 6.61 Å². The van der Waals surface area contributed by atoms with Gasteiger partial charge in [-0.05, 0) is 36.4 Å². The summed E-state index contributed by atoms with van der Waals surface area (Å²) < 4.78 is 10.4. The van der Waals surface area contributed by atoms with E-state index in [9.17, 15) is 4.79 Å². The largest absolute Gasteiger partial charge is 0.497 e. The number of nitrogens with two attached hydrogens (primary N) is 1. The summed E-state index contributed by atoms with van der Waals surface area (Å²) in [5, 5.41) is 3.20. The van der Waals surface area contributed by atoms with Crippen LogP contribution in [-0.4, -0.2) is 19.6 Å². The van der Waals surface area contributed by atoms with Crippen LogP contribution >= 0.6 is 11.6 Å². The van der Waals surface area contributed by atoms with Crippen molar-refractivity contribution < 1.29 is 14.3 Å². The number of nitrogen functional groups attached to an aromatic ring is 1. The first-order valence-electron chi connectivity index (χ1n) is 6.20. The predicted octanol–water partition coefficient (Wildman–Crippen LogP) is 2.95. The van der Waals surface area contributed by atoms with E-state index in [-0.39, 0.29) is 12.5 Å². The Morgan fingerprint density at radius 2 is 1.95 bits per heavy atom. The Morgan fingerprint density at radius 3 is 2.62 bits per heavy atom. The van der Waals surface area contributed by atoms with Crippen LogP contribution < -0.4 is 20.5 Å². The molecule has 5 nitrogen and oxygen atoms in total. The van der Waals surface area contributed by atoms with Crippen molar-refractivity contribution in [1.29, 1.82) is 0 Å². The number of anilines is 2. The van der Waals surface area contributed by atoms with Crippen molar-refractivity contribution in [2.24, 2.45) is 0 Å². The molecule has 0 fully saturated rings. The molecule has 0 spiro atoms. The summed E-state index contributed by atoms with van der Waals surface area (Å²) in [6.07, 6.45) is 0. The first-order valence-corrected chi connectivity index (χ1v) is 6.58. The van der Waals surface area contributed by atoms with Gasteiger partial charge in [-0.25, -0.2) is 0 Å². The average molecular weight is 307 g/mol. The summed E-state index contributed by atoms with van der Waals surface area (Å²) in [6.45, 7) is -0.156. The summed E-state index contributed by atoms with van der Waals surface area (Å²) in [4.78, 5) is 11.8. The Balaban J connectivity index is 1.91. The molecule has 0 unspecified atom stereocenters. The number of rotatable bonds is 5. The minimum Gasteiger partial charge on any atom is -0.497 e. The van der Waals surface area contributed by atoms with Crippen molar-refractivity contribution in [2.75, 3.05) is 24.8 Å². The fourth-order valence-electron chi connectivity index (χ4n) is 1.65. The molecule has 2 aromatic rings. The second kappa shape index (κ2) is 6.85. The number of nitrogens with one attached hydrogen (secondary N) is 1. The van der Waals surface area contributed by atoms with Gasteiger partial charge in [-0.2, -0.15) is 0 Å². The highest BCUT2D eigenvalue weighted by Gasteiger charge is 2.06. The highest BCUT2D eigenvalue weighted by Crippen LogP contribution is 2.25. The van der Waals surface area contributed by atoms with Crippen LogP contribution in [0, 0.1) is 0 Å². The fourth-order valence-corrected chi connectivity index (χ4v) is 1.81. The summed E-state index contributed by atoms with van der Waals surface area (Å²) in [6, 6.07) is 11.8. The Kier molecular flexibility index (Phi) is 4.90. The van der Waals surface area contributed by atoms with Gasteiger partial charge in [-0.15, -0.1) is 0 Å². The zero-order valence-corrected chi connectivity index (χ0v) is 12.2. The molecule has 0 aromatic heterocycles. The molecule has 0 atom stereocenters. The van der Waals surface area contributed by atoms with Crippen LogP contribution in [0.1, 0.15) is 0 Å². The number of hydrogen-bond acceptors (Lipinski definition) is 4. The topological polar surface area (TPSA) is 73.6 Å². The molecular formula is C15H15ClN2O3. The predicted molar refractivity (Wildman–Crippen MR) is 83.0 cm³/mol. The molecule has 3 N–H and O–H groups in total. The molecule has 0 aliphatic heterocycles. The smallest absolute Gasteiger partial charge is 0.262 e. The zero-order chi connectivity index (χ0) is 15.2. The third kappa shape index (κ3) is 4.29. The first kappa shape index (κ1) is 15.0. The summed E-state index contributed by atoms with van der Waals surface area (Å²) in [5.41, 5.74) is 6.81. The lowest BCUT2D eigenvalue weighted by molar-refractivity contribution is -0.118. The van der Waals surface area contributed by atoms with Crippen LogP contribution in [0.2, 0.25) is 5.02 Å². The maximum absolute atomic E-state index is 11.8. The van der Waals surface area contributed by atoms with E-state index >= 15 is 0 Å². The monoisotopic (exact) mass is 306 g/mol. The molecule has 0 heterocycles. The standard InChI is InChI=1S/C15H15ClN2O3/c1-20-12-5-3-11(4-6-12)18-15(19)9-21-14-8-10(16)2-7-13(14)17/h2-8H,9,17H2,1H3,(H,18,19). The lowest BCUT2D eigenvalue weighted by atomic mass is 10.3. The van der Waals surface area contributed by atoms with Gasteiger partial charge < -0.3 is 20.5 Å². The number of carbonyl (C=O) groups is 1. The molecule has 0 radical (unpaired) electrons. The van der Waals surface area contributed by atoms with Gasteiger partial charge in [0.1, 0.15) is 11.5 Å². The summed E-state index contributed by atoms with van der Waals surface area (Å²) in [5.74, 6) is 0.808. The number of hydrogen-bond donors (Lipinski definition) is 2. The van der Waals surface area contributed by atoms with E-state index in [2.05, 4.69) is 5.32 Å². The number of amides is 1. The Hall–Kier alpha value is -2.40. The molecule has 2 aromatic carbocycles. The van der Waals surface area contributed by atoms with Gasteiger partial charge in [0.2, 0.25) is 0 Å². The molecule has 0 saturated heterocycles. The van der Waals surface area contributed by atoms with E-state index in [0.717, 1.165) is 5.75 Å². The van der Waals surface area contributed by atoms with Gasteiger partial charge in [-0.1, -0.05) is 11.6 Å². The highest BCUT2D eigenvalue weighted by molar-refractivity contribution is 6.30. The van der Waals surface area contributed by atoms with E-state index in [1.54, 1.807) is 49.6 Å². The molecule has 0 bridgehead atoms. The van der Waals surface area contributed by atoms with E-state index in [4.69, 9.17) is 26.8 Å². The quantitative estimate of drug-likeness (QED) is 0.833. The van der Waals surface area contributed by atoms with Crippen LogP contribution in [0.3, 0.4) is 0 Å². The van der Waals surface area contributed by atoms with Crippen molar-refractivity contribution in [1.82, 2.24) is 0 Å². The summed E-state index contributed by atoms with van der Waals surface area (Å²) >= 11 is 5.84. The Labute approximate surface area is 127 Å². The van der Waals surface area contributed by atoms with Crippen LogP contribution in [0.25, 0.3) is 0 Å². The maximum atomic E-state index is 11.8. The SMILES string of the molecule is COc1ccc(NC(=O)COc2cc(Cl)ccc2N)cc1. The van der Waals surface area contributed by atoms with Crippen molar-refractivity contribution in [3.63, 3.8) is 0 Å². The van der Waals surface area contributed by atoms with E-state index in [1.807, 2.05) is 0 Å². The van der Waals surface area contributed by atoms with E-state index in [0.29, 0.717) is 22.1 Å². The Morgan fingerprint density at radius 1 is 1.24 bits per heavy atom. The van der Waals surface area contributed by atoms with Crippen molar-refractivity contribution in [3.8, 4) is 11.5 Å². The number of carbonyl (C=O) groups excluding carboxylic acids is 1. The minimum atomic E-state index is -0.292. The Bertz CT molecular complexity index is 629. The molecule has 0 aliphatic carbocycles. The fraction of sp³-hybridized carbons (Fsp3) is 0.133. The lowest BCUT2D eigenvalue weighted by Crippen LogP contribution is -2.20. The van der Waals surface area contributed by atoms with Gasteiger partial charge >= 0.3 is 0 Å².